The summed E-state index contributed by atoms with van der Waals surface area (Å²) in [5, 5.41) is 17.8. The summed E-state index contributed by atoms with van der Waals surface area (Å²) < 4.78 is 0. The quantitative estimate of drug-likeness (QED) is 0.659. The lowest BCUT2D eigenvalue weighted by atomic mass is 9.76. The lowest BCUT2D eigenvalue weighted by Crippen LogP contribution is -2.33. The Morgan fingerprint density at radius 2 is 1.29 bits per heavy atom. The fraction of sp³-hybridized carbons (Fsp3) is 0.600. The van der Waals surface area contributed by atoms with Gasteiger partial charge < -0.3 is 10.2 Å². The Labute approximate surface area is 82.2 Å². The molecule has 0 bridgehead atoms. The van der Waals surface area contributed by atoms with Crippen LogP contribution in [0.3, 0.4) is 0 Å². The minimum absolute atomic E-state index is 0.359. The minimum Gasteiger partial charge on any atom is -0.481 e. The monoisotopic (exact) mass is 198 g/mol. The molecule has 0 amide bonds. The molecule has 2 atom stereocenters. The normalized spacial score (nSPS) is 27.6. The minimum atomic E-state index is -1.01. The highest BCUT2D eigenvalue weighted by Gasteiger charge is 2.37. The van der Waals surface area contributed by atoms with Crippen LogP contribution in [0.15, 0.2) is 11.1 Å². The van der Waals surface area contributed by atoms with Gasteiger partial charge in [0, 0.05) is 0 Å². The number of aliphatic carboxylic acids is 2. The van der Waals surface area contributed by atoms with Gasteiger partial charge in [-0.05, 0) is 26.7 Å². The second-order valence-electron chi connectivity index (χ2n) is 3.86. The maximum absolute atomic E-state index is 10.8. The van der Waals surface area contributed by atoms with Crippen molar-refractivity contribution < 1.29 is 19.8 Å². The van der Waals surface area contributed by atoms with Crippen molar-refractivity contribution in [3.8, 4) is 0 Å². The third kappa shape index (κ3) is 1.95. The van der Waals surface area contributed by atoms with E-state index >= 15 is 0 Å². The number of rotatable bonds is 2. The third-order valence-electron chi connectivity index (χ3n) is 2.90. The number of carbonyl (C=O) groups is 2. The number of hydrogen-bond donors (Lipinski definition) is 2. The van der Waals surface area contributed by atoms with Gasteiger partial charge in [-0.15, -0.1) is 0 Å². The molecular formula is C10H14O4. The van der Waals surface area contributed by atoms with E-state index in [0.717, 1.165) is 11.1 Å². The van der Waals surface area contributed by atoms with Crippen molar-refractivity contribution in [1.82, 2.24) is 0 Å². The molecule has 1 rings (SSSR count). The van der Waals surface area contributed by atoms with E-state index in [1.165, 1.54) is 0 Å². The SMILES string of the molecule is CC1=C(C)C[C@H](C(=O)O)[C@@H](C(=O)O)C1. The second-order valence-corrected chi connectivity index (χ2v) is 3.86. The molecule has 4 nitrogen and oxygen atoms in total. The number of allylic oxidation sites excluding steroid dienone is 2. The van der Waals surface area contributed by atoms with Crippen molar-refractivity contribution in [2.45, 2.75) is 26.7 Å². The van der Waals surface area contributed by atoms with E-state index in [0.29, 0.717) is 12.8 Å². The Bertz CT molecular complexity index is 273. The molecule has 2 N–H and O–H groups in total. The highest BCUT2D eigenvalue weighted by atomic mass is 16.4. The van der Waals surface area contributed by atoms with Gasteiger partial charge in [0.25, 0.3) is 0 Å². The van der Waals surface area contributed by atoms with E-state index in [-0.39, 0.29) is 0 Å². The third-order valence-corrected chi connectivity index (χ3v) is 2.90. The molecule has 0 saturated carbocycles. The fourth-order valence-corrected chi connectivity index (χ4v) is 1.81. The Morgan fingerprint density at radius 3 is 1.50 bits per heavy atom. The Kier molecular flexibility index (Phi) is 2.93. The fourth-order valence-electron chi connectivity index (χ4n) is 1.81. The summed E-state index contributed by atoms with van der Waals surface area (Å²) in [5.74, 6) is -3.55. The first-order valence-corrected chi connectivity index (χ1v) is 4.54. The summed E-state index contributed by atoms with van der Waals surface area (Å²) in [6, 6.07) is 0. The maximum Gasteiger partial charge on any atom is 0.307 e. The van der Waals surface area contributed by atoms with Crippen LogP contribution in [0.5, 0.6) is 0 Å². The van der Waals surface area contributed by atoms with Crippen molar-refractivity contribution in [1.29, 1.82) is 0 Å². The topological polar surface area (TPSA) is 74.6 Å². The maximum atomic E-state index is 10.8. The predicted octanol–water partition coefficient (Wildman–Crippen LogP) is 1.52. The van der Waals surface area contributed by atoms with E-state index in [2.05, 4.69) is 0 Å². The van der Waals surface area contributed by atoms with E-state index in [9.17, 15) is 9.59 Å². The van der Waals surface area contributed by atoms with Gasteiger partial charge in [0.15, 0.2) is 0 Å². The van der Waals surface area contributed by atoms with Crippen LogP contribution in [0.2, 0.25) is 0 Å². The van der Waals surface area contributed by atoms with E-state index in [1.807, 2.05) is 13.8 Å². The molecule has 14 heavy (non-hydrogen) atoms. The summed E-state index contributed by atoms with van der Waals surface area (Å²) in [6.45, 7) is 3.73. The molecule has 0 fully saturated rings. The van der Waals surface area contributed by atoms with Crippen molar-refractivity contribution >= 4 is 11.9 Å². The van der Waals surface area contributed by atoms with Crippen LogP contribution in [-0.4, -0.2) is 22.2 Å². The zero-order valence-electron chi connectivity index (χ0n) is 8.28. The molecule has 0 aromatic carbocycles. The largest absolute Gasteiger partial charge is 0.481 e. The molecule has 0 aliphatic heterocycles. The lowest BCUT2D eigenvalue weighted by molar-refractivity contribution is -0.154. The summed E-state index contributed by atoms with van der Waals surface area (Å²) in [4.78, 5) is 21.7. The van der Waals surface area contributed by atoms with Crippen molar-refractivity contribution in [3.05, 3.63) is 11.1 Å². The Hall–Kier alpha value is -1.32. The second kappa shape index (κ2) is 3.82. The van der Waals surface area contributed by atoms with Gasteiger partial charge >= 0.3 is 11.9 Å². The molecule has 1 aliphatic rings. The molecule has 0 aromatic heterocycles. The van der Waals surface area contributed by atoms with Crippen LogP contribution in [0.1, 0.15) is 26.7 Å². The smallest absolute Gasteiger partial charge is 0.307 e. The van der Waals surface area contributed by atoms with Gasteiger partial charge in [-0.2, -0.15) is 0 Å². The number of carboxylic acids is 2. The van der Waals surface area contributed by atoms with Crippen LogP contribution in [0, 0.1) is 11.8 Å². The number of hydrogen-bond acceptors (Lipinski definition) is 2. The average molecular weight is 198 g/mol. The summed E-state index contributed by atoms with van der Waals surface area (Å²) in [5.41, 5.74) is 2.02. The van der Waals surface area contributed by atoms with Crippen molar-refractivity contribution in [2.75, 3.05) is 0 Å². The van der Waals surface area contributed by atoms with Gasteiger partial charge in [0.1, 0.15) is 0 Å². The van der Waals surface area contributed by atoms with Crippen LogP contribution in [0.25, 0.3) is 0 Å². The summed E-state index contributed by atoms with van der Waals surface area (Å²) in [7, 11) is 0. The molecule has 0 radical (unpaired) electrons. The molecule has 0 spiro atoms. The van der Waals surface area contributed by atoms with E-state index in [1.54, 1.807) is 0 Å². The first-order valence-electron chi connectivity index (χ1n) is 4.54. The molecule has 78 valence electrons. The predicted molar refractivity (Wildman–Crippen MR) is 49.9 cm³/mol. The van der Waals surface area contributed by atoms with Crippen LogP contribution < -0.4 is 0 Å². The molecule has 0 aromatic rings. The van der Waals surface area contributed by atoms with Crippen LogP contribution in [-0.2, 0) is 9.59 Å². The van der Waals surface area contributed by atoms with Gasteiger partial charge in [0.2, 0.25) is 0 Å². The van der Waals surface area contributed by atoms with Crippen LogP contribution in [0.4, 0.5) is 0 Å². The van der Waals surface area contributed by atoms with E-state index in [4.69, 9.17) is 10.2 Å². The molecule has 0 saturated heterocycles. The first-order chi connectivity index (χ1) is 6.43. The molecule has 0 unspecified atom stereocenters. The van der Waals surface area contributed by atoms with E-state index < -0.39 is 23.8 Å². The highest BCUT2D eigenvalue weighted by Crippen LogP contribution is 2.34. The van der Waals surface area contributed by atoms with Crippen molar-refractivity contribution in [3.63, 3.8) is 0 Å². The average Bonchev–Trinajstić information content (AvgIpc) is 2.08. The molecule has 0 heterocycles. The lowest BCUT2D eigenvalue weighted by Gasteiger charge is -2.27. The molecular weight excluding hydrogens is 184 g/mol. The van der Waals surface area contributed by atoms with Crippen molar-refractivity contribution in [2.24, 2.45) is 11.8 Å². The standard InChI is InChI=1S/C10H14O4/c1-5-3-7(9(11)12)8(10(13)14)4-6(5)2/h7-8H,3-4H2,1-2H3,(H,11,12)(H,13,14)/t7-,8-/m0/s1. The van der Waals surface area contributed by atoms with Crippen LogP contribution >= 0.6 is 0 Å². The molecule has 4 heteroatoms. The summed E-state index contributed by atoms with van der Waals surface area (Å²) in [6.07, 6.45) is 0.719. The van der Waals surface area contributed by atoms with Gasteiger partial charge in [-0.3, -0.25) is 9.59 Å². The number of carboxylic acid groups (broad SMARTS) is 2. The Balaban J connectivity index is 2.95. The highest BCUT2D eigenvalue weighted by molar-refractivity contribution is 5.81. The molecule has 1 aliphatic carbocycles. The summed E-state index contributed by atoms with van der Waals surface area (Å²) >= 11 is 0. The van der Waals surface area contributed by atoms with Gasteiger partial charge in [-0.25, -0.2) is 0 Å². The Morgan fingerprint density at radius 1 is 1.00 bits per heavy atom. The first kappa shape index (κ1) is 10.8. The zero-order valence-corrected chi connectivity index (χ0v) is 8.28. The van der Waals surface area contributed by atoms with Gasteiger partial charge in [0.05, 0.1) is 11.8 Å². The zero-order chi connectivity index (χ0) is 10.9. The van der Waals surface area contributed by atoms with Gasteiger partial charge in [-0.1, -0.05) is 11.1 Å².